The highest BCUT2D eigenvalue weighted by molar-refractivity contribution is 5.97. The van der Waals surface area contributed by atoms with Crippen molar-refractivity contribution >= 4 is 23.2 Å². The van der Waals surface area contributed by atoms with Gasteiger partial charge in [0, 0.05) is 24.5 Å². The summed E-state index contributed by atoms with van der Waals surface area (Å²) in [6.45, 7) is 2.70. The molecule has 31 heavy (non-hydrogen) atoms. The van der Waals surface area contributed by atoms with Crippen LogP contribution in [0, 0.1) is 0 Å². The maximum Gasteiger partial charge on any atom is 0.249 e. The van der Waals surface area contributed by atoms with E-state index in [1.165, 1.54) is 0 Å². The molecular weight excluding hydrogens is 402 g/mol. The molecule has 2 heterocycles. The van der Waals surface area contributed by atoms with E-state index in [0.29, 0.717) is 30.4 Å². The van der Waals surface area contributed by atoms with Crippen molar-refractivity contribution in [1.29, 1.82) is 0 Å². The lowest BCUT2D eigenvalue weighted by Gasteiger charge is -2.29. The van der Waals surface area contributed by atoms with Crippen molar-refractivity contribution in [2.45, 2.75) is 12.5 Å². The van der Waals surface area contributed by atoms with Crippen molar-refractivity contribution < 1.29 is 28.9 Å². The number of carbonyl (C=O) groups excluding carboxylic acids is 2. The molecule has 0 spiro atoms. The molecule has 2 aliphatic heterocycles. The number of hydrogen-bond donors (Lipinski definition) is 3. The van der Waals surface area contributed by atoms with E-state index in [2.05, 4.69) is 15.5 Å². The molecule has 2 aromatic carbocycles. The number of nitrogens with zero attached hydrogens (tertiary/aromatic N) is 1. The number of morpholine rings is 1. The molecule has 0 aliphatic carbocycles. The van der Waals surface area contributed by atoms with Gasteiger partial charge in [-0.3, -0.25) is 9.59 Å². The number of aliphatic hydroxyl groups is 1. The lowest BCUT2D eigenvalue weighted by molar-refractivity contribution is -0.126. The molecule has 0 bridgehead atoms. The molecule has 0 aromatic heterocycles. The molecular formula is C22H25N3O6. The van der Waals surface area contributed by atoms with Crippen LogP contribution in [0.4, 0.5) is 11.4 Å². The average molecular weight is 427 g/mol. The fourth-order valence-electron chi connectivity index (χ4n) is 3.48. The van der Waals surface area contributed by atoms with Gasteiger partial charge in [0.25, 0.3) is 0 Å². The zero-order valence-corrected chi connectivity index (χ0v) is 17.0. The van der Waals surface area contributed by atoms with Crippen molar-refractivity contribution in [3.63, 3.8) is 0 Å². The van der Waals surface area contributed by atoms with Crippen LogP contribution >= 0.6 is 0 Å². The van der Waals surface area contributed by atoms with E-state index in [0.717, 1.165) is 24.3 Å². The van der Waals surface area contributed by atoms with Crippen LogP contribution in [0.15, 0.2) is 42.5 Å². The number of rotatable bonds is 7. The van der Waals surface area contributed by atoms with Gasteiger partial charge in [-0.1, -0.05) is 6.07 Å². The molecule has 1 saturated heterocycles. The lowest BCUT2D eigenvalue weighted by Crippen LogP contribution is -2.46. The molecule has 2 aliphatic rings. The molecule has 2 amide bonds. The van der Waals surface area contributed by atoms with E-state index in [1.807, 2.05) is 12.1 Å². The molecule has 1 atom stereocenters. The molecule has 0 saturated carbocycles. The Balaban J connectivity index is 1.30. The summed E-state index contributed by atoms with van der Waals surface area (Å²) in [7, 11) is 0. The monoisotopic (exact) mass is 427 g/mol. The topological polar surface area (TPSA) is 109 Å². The second-order valence-corrected chi connectivity index (χ2v) is 7.30. The van der Waals surface area contributed by atoms with Crippen LogP contribution in [0.25, 0.3) is 0 Å². The van der Waals surface area contributed by atoms with E-state index in [-0.39, 0.29) is 19.1 Å². The summed E-state index contributed by atoms with van der Waals surface area (Å²) in [4.78, 5) is 27.1. The minimum absolute atomic E-state index is 0.0503. The number of carbonyl (C=O) groups is 2. The number of aliphatic hydroxyl groups excluding tert-OH is 1. The maximum atomic E-state index is 12.5. The second-order valence-electron chi connectivity index (χ2n) is 7.30. The van der Waals surface area contributed by atoms with Gasteiger partial charge in [0.1, 0.15) is 6.04 Å². The summed E-state index contributed by atoms with van der Waals surface area (Å²) in [6, 6.07) is 11.6. The third-order valence-corrected chi connectivity index (χ3v) is 5.15. The summed E-state index contributed by atoms with van der Waals surface area (Å²) in [6.07, 6.45) is 0.0503. The summed E-state index contributed by atoms with van der Waals surface area (Å²) in [5.74, 6) is 0.357. The standard InChI is InChI=1S/C22H25N3O6/c26-13-18(24-21(27)12-15-1-6-19-20(11-15)31-14-30-19)22(28)23-16-2-4-17(5-3-16)25-7-9-29-10-8-25/h1-6,11,18,26H,7-10,12-14H2,(H,23,28)(H,24,27)/t18-/m0/s1. The first-order valence-electron chi connectivity index (χ1n) is 10.1. The molecule has 0 radical (unpaired) electrons. The molecule has 9 heteroatoms. The number of amides is 2. The molecule has 164 valence electrons. The Morgan fingerprint density at radius 3 is 2.52 bits per heavy atom. The Morgan fingerprint density at radius 1 is 1.03 bits per heavy atom. The smallest absolute Gasteiger partial charge is 0.249 e. The largest absolute Gasteiger partial charge is 0.454 e. The van der Waals surface area contributed by atoms with Crippen LogP contribution in [0.2, 0.25) is 0 Å². The van der Waals surface area contributed by atoms with E-state index in [1.54, 1.807) is 30.3 Å². The third kappa shape index (κ3) is 5.25. The van der Waals surface area contributed by atoms with E-state index >= 15 is 0 Å². The summed E-state index contributed by atoms with van der Waals surface area (Å²) >= 11 is 0. The number of ether oxygens (including phenoxy) is 3. The third-order valence-electron chi connectivity index (χ3n) is 5.15. The van der Waals surface area contributed by atoms with E-state index in [9.17, 15) is 14.7 Å². The highest BCUT2D eigenvalue weighted by Crippen LogP contribution is 2.32. The second kappa shape index (κ2) is 9.67. The van der Waals surface area contributed by atoms with Gasteiger partial charge in [0.05, 0.1) is 26.2 Å². The fourth-order valence-corrected chi connectivity index (χ4v) is 3.48. The first-order valence-corrected chi connectivity index (χ1v) is 10.1. The molecule has 0 unspecified atom stereocenters. The van der Waals surface area contributed by atoms with Crippen LogP contribution in [0.3, 0.4) is 0 Å². The Labute approximate surface area is 179 Å². The zero-order valence-electron chi connectivity index (χ0n) is 17.0. The van der Waals surface area contributed by atoms with Crippen molar-refractivity contribution in [1.82, 2.24) is 5.32 Å². The highest BCUT2D eigenvalue weighted by atomic mass is 16.7. The van der Waals surface area contributed by atoms with Gasteiger partial charge in [-0.15, -0.1) is 0 Å². The molecule has 3 N–H and O–H groups in total. The van der Waals surface area contributed by atoms with Crippen molar-refractivity contribution in [3.05, 3.63) is 48.0 Å². The predicted molar refractivity (Wildman–Crippen MR) is 113 cm³/mol. The Kier molecular flexibility index (Phi) is 6.54. The minimum Gasteiger partial charge on any atom is -0.454 e. The van der Waals surface area contributed by atoms with E-state index < -0.39 is 18.6 Å². The van der Waals surface area contributed by atoms with Gasteiger partial charge < -0.3 is 34.9 Å². The fraction of sp³-hybridized carbons (Fsp3) is 0.364. The number of benzene rings is 2. The Hall–Kier alpha value is -3.30. The molecule has 1 fully saturated rings. The van der Waals surface area contributed by atoms with Crippen LogP contribution in [0.1, 0.15) is 5.56 Å². The first-order chi connectivity index (χ1) is 15.1. The number of fused-ring (bicyclic) bond motifs is 1. The van der Waals surface area contributed by atoms with Gasteiger partial charge >= 0.3 is 0 Å². The van der Waals surface area contributed by atoms with Crippen molar-refractivity contribution in [3.8, 4) is 11.5 Å². The van der Waals surface area contributed by atoms with Gasteiger partial charge in [0.15, 0.2) is 11.5 Å². The Bertz CT molecular complexity index is 927. The average Bonchev–Trinajstić information content (AvgIpc) is 3.26. The SMILES string of the molecule is O=C(Cc1ccc2c(c1)OCO2)N[C@@H](CO)C(=O)Nc1ccc(N2CCOCC2)cc1. The summed E-state index contributed by atoms with van der Waals surface area (Å²) in [5.41, 5.74) is 2.36. The van der Waals surface area contributed by atoms with Crippen LogP contribution in [-0.2, 0) is 20.7 Å². The van der Waals surface area contributed by atoms with Crippen molar-refractivity contribution in [2.75, 3.05) is 49.9 Å². The van der Waals surface area contributed by atoms with Crippen molar-refractivity contribution in [2.24, 2.45) is 0 Å². The molecule has 2 aromatic rings. The summed E-state index contributed by atoms with van der Waals surface area (Å²) < 4.78 is 15.9. The maximum absolute atomic E-state index is 12.5. The normalized spacial score (nSPS) is 16.0. The van der Waals surface area contributed by atoms with Crippen LogP contribution in [-0.4, -0.2) is 62.7 Å². The number of anilines is 2. The van der Waals surface area contributed by atoms with Gasteiger partial charge in [0.2, 0.25) is 18.6 Å². The highest BCUT2D eigenvalue weighted by Gasteiger charge is 2.21. The molecule has 4 rings (SSSR count). The number of hydrogen-bond acceptors (Lipinski definition) is 7. The Morgan fingerprint density at radius 2 is 1.77 bits per heavy atom. The van der Waals surface area contributed by atoms with Gasteiger partial charge in [-0.05, 0) is 42.0 Å². The van der Waals surface area contributed by atoms with Crippen LogP contribution < -0.4 is 25.0 Å². The van der Waals surface area contributed by atoms with Gasteiger partial charge in [-0.25, -0.2) is 0 Å². The van der Waals surface area contributed by atoms with Crippen LogP contribution in [0.5, 0.6) is 11.5 Å². The first kappa shape index (κ1) is 21.0. The summed E-state index contributed by atoms with van der Waals surface area (Å²) in [5, 5.41) is 14.9. The number of nitrogens with one attached hydrogen (secondary N) is 2. The van der Waals surface area contributed by atoms with Gasteiger partial charge in [-0.2, -0.15) is 0 Å². The quantitative estimate of drug-likeness (QED) is 0.603. The van der Waals surface area contributed by atoms with E-state index in [4.69, 9.17) is 14.2 Å². The predicted octanol–water partition coefficient (Wildman–Crippen LogP) is 0.910. The lowest BCUT2D eigenvalue weighted by atomic mass is 10.1. The molecule has 9 nitrogen and oxygen atoms in total. The minimum atomic E-state index is -1.06. The zero-order chi connectivity index (χ0) is 21.6.